The zero-order valence-electron chi connectivity index (χ0n) is 16.0. The van der Waals surface area contributed by atoms with E-state index in [0.717, 1.165) is 12.8 Å². The Labute approximate surface area is 163 Å². The molecule has 1 atom stereocenters. The fourth-order valence-electron chi connectivity index (χ4n) is 3.89. The second-order valence-electron chi connectivity index (χ2n) is 7.30. The van der Waals surface area contributed by atoms with Gasteiger partial charge in [0.2, 0.25) is 0 Å². The molecule has 146 valence electrons. The van der Waals surface area contributed by atoms with E-state index < -0.39 is 5.60 Å². The number of carbonyl (C=O) groups excluding carboxylic acids is 2. The summed E-state index contributed by atoms with van der Waals surface area (Å²) in [5.41, 5.74) is 1.11. The average Bonchev–Trinajstić information content (AvgIpc) is 2.84. The maximum Gasteiger partial charge on any atom is 0.255 e. The number of aryl methyl sites for hydroxylation is 1. The minimum atomic E-state index is -0.669. The van der Waals surface area contributed by atoms with Crippen molar-refractivity contribution in [1.29, 1.82) is 0 Å². The number of benzene rings is 1. The van der Waals surface area contributed by atoms with Crippen molar-refractivity contribution in [3.8, 4) is 11.5 Å². The number of piperidine rings is 1. The minimum absolute atomic E-state index is 0.0604. The quantitative estimate of drug-likeness (QED) is 0.863. The van der Waals surface area contributed by atoms with Crippen molar-refractivity contribution in [1.82, 2.24) is 15.2 Å². The van der Waals surface area contributed by atoms with Crippen LogP contribution in [0, 0.1) is 6.92 Å². The highest BCUT2D eigenvalue weighted by Crippen LogP contribution is 2.34. The lowest BCUT2D eigenvalue weighted by Crippen LogP contribution is -2.58. The summed E-state index contributed by atoms with van der Waals surface area (Å²) in [6.45, 7) is 3.23. The number of rotatable bonds is 2. The molecule has 1 aromatic carbocycles. The molecule has 1 aromatic heterocycles. The number of nitrogens with one attached hydrogen (secondary N) is 1. The molecule has 2 aliphatic heterocycles. The van der Waals surface area contributed by atoms with Gasteiger partial charge in [-0.25, -0.2) is 0 Å². The second-order valence-corrected chi connectivity index (χ2v) is 7.30. The average molecular weight is 381 g/mol. The van der Waals surface area contributed by atoms with Crippen molar-refractivity contribution in [3.05, 3.63) is 53.3 Å². The molecule has 0 radical (unpaired) electrons. The monoisotopic (exact) mass is 381 g/mol. The van der Waals surface area contributed by atoms with E-state index in [1.54, 1.807) is 48.5 Å². The summed E-state index contributed by atoms with van der Waals surface area (Å²) in [6.07, 6.45) is 3.22. The van der Waals surface area contributed by atoms with Gasteiger partial charge in [-0.15, -0.1) is 0 Å². The molecule has 1 spiro atoms. The molecule has 2 aromatic rings. The summed E-state index contributed by atoms with van der Waals surface area (Å²) in [6, 6.07) is 8.73. The number of hydrogen-bond donors (Lipinski definition) is 1. The van der Waals surface area contributed by atoms with Crippen LogP contribution in [0.25, 0.3) is 0 Å². The Morgan fingerprint density at radius 2 is 2.21 bits per heavy atom. The highest BCUT2D eigenvalue weighted by molar-refractivity contribution is 5.98. The zero-order valence-corrected chi connectivity index (χ0v) is 16.0. The van der Waals surface area contributed by atoms with Crippen molar-refractivity contribution >= 4 is 11.8 Å². The van der Waals surface area contributed by atoms with Crippen LogP contribution >= 0.6 is 0 Å². The van der Waals surface area contributed by atoms with Crippen molar-refractivity contribution in [2.75, 3.05) is 26.7 Å². The lowest BCUT2D eigenvalue weighted by atomic mass is 9.91. The first kappa shape index (κ1) is 18.3. The Morgan fingerprint density at radius 1 is 1.36 bits per heavy atom. The van der Waals surface area contributed by atoms with E-state index in [1.807, 2.05) is 6.92 Å². The van der Waals surface area contributed by atoms with Gasteiger partial charge in [0.25, 0.3) is 11.8 Å². The molecule has 2 amide bonds. The third kappa shape index (κ3) is 3.28. The second kappa shape index (κ2) is 7.14. The molecule has 1 saturated heterocycles. The van der Waals surface area contributed by atoms with Crippen molar-refractivity contribution in [2.24, 2.45) is 0 Å². The standard InChI is InChI=1S/C21H23N3O4/c1-14-16(5-3-9-22-14)20(26)24-10-4-8-21(13-24)12-23-19(25)17-7-6-15(27-2)11-18(17)28-21/h3,5-7,9,11H,4,8,10,12-13H2,1-2H3,(H,23,25). The van der Waals surface area contributed by atoms with Crippen LogP contribution in [0.4, 0.5) is 0 Å². The Bertz CT molecular complexity index is 930. The van der Waals surface area contributed by atoms with E-state index in [1.165, 1.54) is 0 Å². The third-order valence-electron chi connectivity index (χ3n) is 5.39. The smallest absolute Gasteiger partial charge is 0.255 e. The van der Waals surface area contributed by atoms with Crippen LogP contribution in [-0.4, -0.2) is 54.0 Å². The normalized spacial score (nSPS) is 21.4. The van der Waals surface area contributed by atoms with E-state index in [0.29, 0.717) is 48.0 Å². The molecule has 0 bridgehead atoms. The van der Waals surface area contributed by atoms with Gasteiger partial charge < -0.3 is 19.7 Å². The fraction of sp³-hybridized carbons (Fsp3) is 0.381. The number of methoxy groups -OCH3 is 1. The lowest BCUT2D eigenvalue weighted by molar-refractivity contribution is -0.00101. The number of ether oxygens (including phenoxy) is 2. The predicted molar refractivity (Wildman–Crippen MR) is 103 cm³/mol. The summed E-state index contributed by atoms with van der Waals surface area (Å²) < 4.78 is 11.7. The Balaban J connectivity index is 1.63. The number of carbonyl (C=O) groups is 2. The van der Waals surface area contributed by atoms with E-state index in [4.69, 9.17) is 9.47 Å². The van der Waals surface area contributed by atoms with E-state index >= 15 is 0 Å². The molecule has 1 unspecified atom stereocenters. The van der Waals surface area contributed by atoms with Gasteiger partial charge >= 0.3 is 0 Å². The molecule has 0 aliphatic carbocycles. The van der Waals surface area contributed by atoms with Crippen LogP contribution in [0.5, 0.6) is 11.5 Å². The van der Waals surface area contributed by atoms with Gasteiger partial charge in [-0.3, -0.25) is 14.6 Å². The summed E-state index contributed by atoms with van der Waals surface area (Å²) >= 11 is 0. The fourth-order valence-corrected chi connectivity index (χ4v) is 3.89. The van der Waals surface area contributed by atoms with Gasteiger partial charge in [0, 0.05) is 24.5 Å². The zero-order chi connectivity index (χ0) is 19.7. The summed E-state index contributed by atoms with van der Waals surface area (Å²) in [5.74, 6) is 0.871. The van der Waals surface area contributed by atoms with Crippen LogP contribution in [0.3, 0.4) is 0 Å². The van der Waals surface area contributed by atoms with Crippen molar-refractivity contribution in [3.63, 3.8) is 0 Å². The third-order valence-corrected chi connectivity index (χ3v) is 5.39. The first-order chi connectivity index (χ1) is 13.5. The summed E-state index contributed by atoms with van der Waals surface area (Å²) in [5, 5.41) is 2.95. The van der Waals surface area contributed by atoms with E-state index in [-0.39, 0.29) is 11.8 Å². The molecular formula is C21H23N3O4. The molecule has 28 heavy (non-hydrogen) atoms. The number of pyridine rings is 1. The van der Waals surface area contributed by atoms with Crippen molar-refractivity contribution in [2.45, 2.75) is 25.4 Å². The van der Waals surface area contributed by atoms with Crippen LogP contribution in [0.1, 0.15) is 39.3 Å². The van der Waals surface area contributed by atoms with Crippen LogP contribution < -0.4 is 14.8 Å². The Morgan fingerprint density at radius 3 is 3.00 bits per heavy atom. The Kier molecular flexibility index (Phi) is 4.66. The van der Waals surface area contributed by atoms with Gasteiger partial charge in [0.1, 0.15) is 17.1 Å². The molecule has 1 fully saturated rings. The topological polar surface area (TPSA) is 80.8 Å². The van der Waals surface area contributed by atoms with Crippen LogP contribution in [0.2, 0.25) is 0 Å². The number of likely N-dealkylation sites (tertiary alicyclic amines) is 1. The highest BCUT2D eigenvalue weighted by Gasteiger charge is 2.42. The predicted octanol–water partition coefficient (Wildman–Crippen LogP) is 2.20. The molecule has 0 saturated carbocycles. The summed E-state index contributed by atoms with van der Waals surface area (Å²) in [7, 11) is 1.57. The SMILES string of the molecule is COc1ccc2c(c1)OC1(CCCN(C(=O)c3cccnc3C)C1)CNC2=O. The van der Waals surface area contributed by atoms with Crippen LogP contribution in [-0.2, 0) is 0 Å². The molecule has 3 heterocycles. The molecule has 7 nitrogen and oxygen atoms in total. The molecule has 2 aliphatic rings. The maximum absolute atomic E-state index is 13.1. The van der Waals surface area contributed by atoms with Gasteiger partial charge in [-0.2, -0.15) is 0 Å². The van der Waals surface area contributed by atoms with Gasteiger partial charge in [-0.1, -0.05) is 0 Å². The molecule has 1 N–H and O–H groups in total. The maximum atomic E-state index is 13.1. The molecule has 7 heteroatoms. The number of fused-ring (bicyclic) bond motifs is 1. The van der Waals surface area contributed by atoms with Gasteiger partial charge in [0.05, 0.1) is 31.3 Å². The number of aromatic nitrogens is 1. The van der Waals surface area contributed by atoms with Crippen molar-refractivity contribution < 1.29 is 19.1 Å². The Hall–Kier alpha value is -3.09. The minimum Gasteiger partial charge on any atom is -0.497 e. The number of nitrogens with zero attached hydrogens (tertiary/aromatic N) is 2. The number of amides is 2. The summed E-state index contributed by atoms with van der Waals surface area (Å²) in [4.78, 5) is 31.6. The van der Waals surface area contributed by atoms with E-state index in [9.17, 15) is 9.59 Å². The first-order valence-corrected chi connectivity index (χ1v) is 9.37. The highest BCUT2D eigenvalue weighted by atomic mass is 16.5. The molecular weight excluding hydrogens is 358 g/mol. The van der Waals surface area contributed by atoms with Gasteiger partial charge in [-0.05, 0) is 44.0 Å². The van der Waals surface area contributed by atoms with E-state index in [2.05, 4.69) is 10.3 Å². The van der Waals surface area contributed by atoms with Gasteiger partial charge in [0.15, 0.2) is 0 Å². The molecule has 4 rings (SSSR count). The largest absolute Gasteiger partial charge is 0.497 e. The first-order valence-electron chi connectivity index (χ1n) is 9.37. The number of hydrogen-bond acceptors (Lipinski definition) is 5. The van der Waals surface area contributed by atoms with Crippen LogP contribution in [0.15, 0.2) is 36.5 Å². The lowest BCUT2D eigenvalue weighted by Gasteiger charge is -2.42.